The van der Waals surface area contributed by atoms with Gasteiger partial charge in [0.05, 0.1) is 9.40 Å². The van der Waals surface area contributed by atoms with E-state index in [9.17, 15) is 14.5 Å². The Morgan fingerprint density at radius 3 is 2.71 bits per heavy atom. The van der Waals surface area contributed by atoms with Crippen LogP contribution in [0.25, 0.3) is 0 Å². The first-order chi connectivity index (χ1) is 9.90. The fraction of sp³-hybridized carbons (Fsp3) is 0.167. The number of aromatic nitrogens is 2. The summed E-state index contributed by atoms with van der Waals surface area (Å²) in [5.74, 6) is -0.530. The second-order valence-electron chi connectivity index (χ2n) is 4.01. The molecule has 1 aromatic heterocycles. The smallest absolute Gasteiger partial charge is 0.312 e. The lowest BCUT2D eigenvalue weighted by molar-refractivity contribution is -0.385. The van der Waals surface area contributed by atoms with Crippen molar-refractivity contribution in [1.29, 1.82) is 0 Å². The largest absolute Gasteiger partial charge is 0.431 e. The second-order valence-corrected chi connectivity index (χ2v) is 4.87. The fourth-order valence-electron chi connectivity index (χ4n) is 1.56. The lowest BCUT2D eigenvalue weighted by Gasteiger charge is -2.08. The third-order valence-corrected chi connectivity index (χ3v) is 3.08. The molecule has 0 amide bonds. The first-order valence-electron chi connectivity index (χ1n) is 5.75. The maximum absolute atomic E-state index is 13.6. The molecule has 1 aromatic carbocycles. The minimum Gasteiger partial charge on any atom is -0.431 e. The average Bonchev–Trinajstić information content (AvgIpc) is 2.41. The van der Waals surface area contributed by atoms with E-state index < -0.39 is 10.7 Å². The monoisotopic (exact) mass is 356 g/mol. The van der Waals surface area contributed by atoms with Gasteiger partial charge in [-0.2, -0.15) is 4.98 Å². The van der Waals surface area contributed by atoms with Crippen molar-refractivity contribution < 1.29 is 14.1 Å². The van der Waals surface area contributed by atoms with Crippen LogP contribution >= 0.6 is 15.9 Å². The van der Waals surface area contributed by atoms with Crippen LogP contribution in [0, 0.1) is 22.9 Å². The topological polar surface area (TPSA) is 90.2 Å². The van der Waals surface area contributed by atoms with Crippen LogP contribution in [0.2, 0.25) is 0 Å². The van der Waals surface area contributed by atoms with Crippen LogP contribution in [0.3, 0.4) is 0 Å². The van der Waals surface area contributed by atoms with Crippen LogP contribution in [0.4, 0.5) is 16.0 Å². The van der Waals surface area contributed by atoms with Gasteiger partial charge in [-0.15, -0.1) is 0 Å². The summed E-state index contributed by atoms with van der Waals surface area (Å²) in [7, 11) is 1.63. The van der Waals surface area contributed by atoms with Gasteiger partial charge < -0.3 is 10.1 Å². The number of hydrogen-bond acceptors (Lipinski definition) is 6. The quantitative estimate of drug-likeness (QED) is 0.666. The molecule has 7 nitrogen and oxygen atoms in total. The molecule has 0 saturated carbocycles. The lowest BCUT2D eigenvalue weighted by Crippen LogP contribution is -2.01. The Hall–Kier alpha value is -2.29. The summed E-state index contributed by atoms with van der Waals surface area (Å²) in [6.45, 7) is 1.71. The third-order valence-electron chi connectivity index (χ3n) is 2.47. The molecule has 0 unspecified atom stereocenters. The summed E-state index contributed by atoms with van der Waals surface area (Å²) in [6, 6.07) is 3.46. The van der Waals surface area contributed by atoms with Gasteiger partial charge in [-0.1, -0.05) is 0 Å². The zero-order chi connectivity index (χ0) is 15.6. The highest BCUT2D eigenvalue weighted by Gasteiger charge is 2.20. The van der Waals surface area contributed by atoms with Gasteiger partial charge in [0.25, 0.3) is 0 Å². The Labute approximate surface area is 127 Å². The molecular weight excluding hydrogens is 347 g/mol. The minimum absolute atomic E-state index is 0.0173. The lowest BCUT2D eigenvalue weighted by atomic mass is 10.3. The van der Waals surface area contributed by atoms with Gasteiger partial charge in [-0.25, -0.2) is 9.37 Å². The first kappa shape index (κ1) is 15.1. The highest BCUT2D eigenvalue weighted by Crippen LogP contribution is 2.35. The van der Waals surface area contributed by atoms with E-state index in [0.29, 0.717) is 11.6 Å². The number of ether oxygens (including phenoxy) is 1. The van der Waals surface area contributed by atoms with E-state index in [1.165, 1.54) is 6.07 Å². The number of benzene rings is 1. The molecule has 0 atom stereocenters. The van der Waals surface area contributed by atoms with Crippen LogP contribution in [0.1, 0.15) is 5.69 Å². The minimum atomic E-state index is -0.671. The van der Waals surface area contributed by atoms with Crippen molar-refractivity contribution in [2.75, 3.05) is 12.4 Å². The Bertz CT molecular complexity index is 711. The molecule has 0 saturated heterocycles. The molecular formula is C12H10BrFN4O3. The Kier molecular flexibility index (Phi) is 4.32. The highest BCUT2D eigenvalue weighted by molar-refractivity contribution is 9.10. The number of nitrogens with one attached hydrogen (secondary N) is 1. The number of aryl methyl sites for hydroxylation is 1. The Balaban J connectivity index is 2.46. The predicted octanol–water partition coefficient (Wildman–Crippen LogP) is 3.43. The summed E-state index contributed by atoms with van der Waals surface area (Å²) in [6.07, 6.45) is 0. The standard InChI is InChI=1S/C12H10BrFN4O3/c1-6-3-11(17-12(15-2)16-6)21-10-5-8(14)7(13)4-9(10)18(19)20/h3-5H,1-2H3,(H,15,16,17). The second kappa shape index (κ2) is 6.00. The molecule has 0 bridgehead atoms. The molecule has 0 aliphatic heterocycles. The van der Waals surface area contributed by atoms with Crippen LogP contribution in [-0.4, -0.2) is 21.9 Å². The van der Waals surface area contributed by atoms with Crippen LogP contribution in [0.15, 0.2) is 22.7 Å². The predicted molar refractivity (Wildman–Crippen MR) is 77.1 cm³/mol. The van der Waals surface area contributed by atoms with Crippen molar-refractivity contribution in [1.82, 2.24) is 9.97 Å². The Morgan fingerprint density at radius 1 is 1.38 bits per heavy atom. The van der Waals surface area contributed by atoms with E-state index in [1.807, 2.05) is 0 Å². The number of nitrogens with zero attached hydrogens (tertiary/aromatic N) is 3. The van der Waals surface area contributed by atoms with Gasteiger partial charge >= 0.3 is 5.69 Å². The molecule has 0 spiro atoms. The number of nitro benzene ring substituents is 1. The summed E-state index contributed by atoms with van der Waals surface area (Å²) in [5, 5.41) is 13.7. The van der Waals surface area contributed by atoms with Gasteiger partial charge in [0.15, 0.2) is 0 Å². The van der Waals surface area contributed by atoms with Crippen molar-refractivity contribution in [2.45, 2.75) is 6.92 Å². The number of halogens is 2. The SMILES string of the molecule is CNc1nc(C)cc(Oc2cc(F)c(Br)cc2[N+](=O)[O-])n1. The van der Waals surface area contributed by atoms with E-state index in [0.717, 1.165) is 12.1 Å². The van der Waals surface area contributed by atoms with Crippen molar-refractivity contribution >= 4 is 27.6 Å². The van der Waals surface area contributed by atoms with E-state index >= 15 is 0 Å². The van der Waals surface area contributed by atoms with E-state index in [2.05, 4.69) is 31.2 Å². The van der Waals surface area contributed by atoms with Crippen LogP contribution < -0.4 is 10.1 Å². The van der Waals surface area contributed by atoms with Crippen molar-refractivity contribution in [2.24, 2.45) is 0 Å². The zero-order valence-corrected chi connectivity index (χ0v) is 12.6. The summed E-state index contributed by atoms with van der Waals surface area (Å²) in [4.78, 5) is 18.4. The van der Waals surface area contributed by atoms with Gasteiger partial charge in [-0.05, 0) is 22.9 Å². The molecule has 1 N–H and O–H groups in total. The molecule has 0 aliphatic carbocycles. The van der Waals surface area contributed by atoms with Gasteiger partial charge in [-0.3, -0.25) is 10.1 Å². The normalized spacial score (nSPS) is 10.3. The molecule has 2 aromatic rings. The molecule has 2 rings (SSSR count). The molecule has 21 heavy (non-hydrogen) atoms. The van der Waals surface area contributed by atoms with E-state index in [1.54, 1.807) is 14.0 Å². The molecule has 0 aliphatic rings. The molecule has 0 fully saturated rings. The Morgan fingerprint density at radius 2 is 2.10 bits per heavy atom. The number of anilines is 1. The van der Waals surface area contributed by atoms with Crippen molar-refractivity contribution in [3.05, 3.63) is 44.3 Å². The first-order valence-corrected chi connectivity index (χ1v) is 6.54. The van der Waals surface area contributed by atoms with Gasteiger partial charge in [0, 0.05) is 30.9 Å². The van der Waals surface area contributed by atoms with Gasteiger partial charge in [0.1, 0.15) is 5.82 Å². The third kappa shape index (κ3) is 3.43. The van der Waals surface area contributed by atoms with Gasteiger partial charge in [0.2, 0.25) is 17.6 Å². The zero-order valence-electron chi connectivity index (χ0n) is 11.1. The maximum atomic E-state index is 13.6. The molecule has 0 radical (unpaired) electrons. The summed E-state index contributed by atoms with van der Waals surface area (Å²) < 4.78 is 18.9. The number of hydrogen-bond donors (Lipinski definition) is 1. The fourth-order valence-corrected chi connectivity index (χ4v) is 1.89. The van der Waals surface area contributed by atoms with E-state index in [4.69, 9.17) is 4.74 Å². The number of nitro groups is 1. The number of rotatable bonds is 4. The molecule has 9 heteroatoms. The summed E-state index contributed by atoms with van der Waals surface area (Å²) in [5.41, 5.74) is 0.232. The summed E-state index contributed by atoms with van der Waals surface area (Å²) >= 11 is 2.90. The van der Waals surface area contributed by atoms with Crippen LogP contribution in [0.5, 0.6) is 11.6 Å². The van der Waals surface area contributed by atoms with Crippen molar-refractivity contribution in [3.8, 4) is 11.6 Å². The van der Waals surface area contributed by atoms with E-state index in [-0.39, 0.29) is 21.8 Å². The molecule has 110 valence electrons. The van der Waals surface area contributed by atoms with Crippen molar-refractivity contribution in [3.63, 3.8) is 0 Å². The highest BCUT2D eigenvalue weighted by atomic mass is 79.9. The average molecular weight is 357 g/mol. The molecule has 1 heterocycles. The van der Waals surface area contributed by atoms with Crippen LogP contribution in [-0.2, 0) is 0 Å². The maximum Gasteiger partial charge on any atom is 0.312 e.